The number of amidine groups is 1. The Morgan fingerprint density at radius 3 is 2.48 bits per heavy atom. The lowest BCUT2D eigenvalue weighted by Gasteiger charge is -2.34. The Morgan fingerprint density at radius 1 is 1.12 bits per heavy atom. The number of piperidine rings is 1. The molecule has 0 bridgehead atoms. The highest BCUT2D eigenvalue weighted by Crippen LogP contribution is 2.27. The van der Waals surface area contributed by atoms with E-state index in [1.165, 1.54) is 11.1 Å². The molecule has 134 valence electrons. The van der Waals surface area contributed by atoms with E-state index in [0.29, 0.717) is 19.0 Å². The standard InChI is InChI=1S/C21H28N2O2/c1-14(2)15(3)16(4)21(22)23-9-7-19(8-10-23)25-20-6-5-17-12-24-13-18(17)11-20/h5-6,11,19,22H,1,7-10,12-13H2,2-4H3/b16-15-,22-21?. The number of hydrogen-bond donors (Lipinski definition) is 1. The molecule has 2 aliphatic rings. The van der Waals surface area contributed by atoms with Crippen molar-refractivity contribution >= 4 is 5.84 Å². The van der Waals surface area contributed by atoms with Crippen molar-refractivity contribution in [1.82, 2.24) is 4.90 Å². The maximum absolute atomic E-state index is 8.46. The van der Waals surface area contributed by atoms with Gasteiger partial charge in [0, 0.05) is 25.9 Å². The van der Waals surface area contributed by atoms with Crippen molar-refractivity contribution in [1.29, 1.82) is 5.41 Å². The smallest absolute Gasteiger partial charge is 0.123 e. The Balaban J connectivity index is 1.56. The fraction of sp³-hybridized carbons (Fsp3) is 0.476. The topological polar surface area (TPSA) is 45.6 Å². The van der Waals surface area contributed by atoms with Crippen LogP contribution in [0.15, 0.2) is 41.5 Å². The molecule has 1 N–H and O–H groups in total. The van der Waals surface area contributed by atoms with Crippen molar-refractivity contribution in [2.45, 2.75) is 52.9 Å². The summed E-state index contributed by atoms with van der Waals surface area (Å²) >= 11 is 0. The first kappa shape index (κ1) is 17.7. The van der Waals surface area contributed by atoms with Gasteiger partial charge in [-0.1, -0.05) is 18.2 Å². The van der Waals surface area contributed by atoms with Gasteiger partial charge >= 0.3 is 0 Å². The quantitative estimate of drug-likeness (QED) is 0.500. The van der Waals surface area contributed by atoms with E-state index in [1.54, 1.807) is 0 Å². The molecule has 0 atom stereocenters. The lowest BCUT2D eigenvalue weighted by atomic mass is 10.0. The number of benzene rings is 1. The molecule has 1 saturated heterocycles. The predicted octanol–water partition coefficient (Wildman–Crippen LogP) is 4.45. The second kappa shape index (κ2) is 7.44. The number of ether oxygens (including phenoxy) is 2. The Bertz CT molecular complexity index is 713. The van der Waals surface area contributed by atoms with Crippen molar-refractivity contribution in [2.24, 2.45) is 0 Å². The Morgan fingerprint density at radius 2 is 1.80 bits per heavy atom. The van der Waals surface area contributed by atoms with Gasteiger partial charge in [0.1, 0.15) is 17.7 Å². The molecule has 4 heteroatoms. The Kier molecular flexibility index (Phi) is 5.28. The summed E-state index contributed by atoms with van der Waals surface area (Å²) in [5.41, 5.74) is 5.67. The van der Waals surface area contributed by atoms with Crippen LogP contribution in [0, 0.1) is 5.41 Å². The highest BCUT2D eigenvalue weighted by Gasteiger charge is 2.24. The monoisotopic (exact) mass is 340 g/mol. The van der Waals surface area contributed by atoms with E-state index in [1.807, 2.05) is 26.8 Å². The molecule has 0 aliphatic carbocycles. The predicted molar refractivity (Wildman–Crippen MR) is 101 cm³/mol. The molecule has 0 saturated carbocycles. The van der Waals surface area contributed by atoms with Crippen molar-refractivity contribution in [2.75, 3.05) is 13.1 Å². The van der Waals surface area contributed by atoms with Gasteiger partial charge in [-0.25, -0.2) is 0 Å². The van der Waals surface area contributed by atoms with Gasteiger partial charge in [0.25, 0.3) is 0 Å². The average molecular weight is 340 g/mol. The lowest BCUT2D eigenvalue weighted by Crippen LogP contribution is -2.42. The van der Waals surface area contributed by atoms with Gasteiger partial charge in [0.2, 0.25) is 0 Å². The van der Waals surface area contributed by atoms with Crippen molar-refractivity contribution in [3.05, 3.63) is 52.6 Å². The van der Waals surface area contributed by atoms with Gasteiger partial charge in [-0.3, -0.25) is 5.41 Å². The zero-order chi connectivity index (χ0) is 18.0. The fourth-order valence-electron chi connectivity index (χ4n) is 3.35. The zero-order valence-corrected chi connectivity index (χ0v) is 15.5. The van der Waals surface area contributed by atoms with Gasteiger partial charge in [-0.2, -0.15) is 0 Å². The average Bonchev–Trinajstić information content (AvgIpc) is 3.08. The van der Waals surface area contributed by atoms with Gasteiger partial charge in [-0.05, 0) is 55.2 Å². The number of likely N-dealkylation sites (tertiary alicyclic amines) is 1. The summed E-state index contributed by atoms with van der Waals surface area (Å²) in [4.78, 5) is 2.15. The van der Waals surface area contributed by atoms with Crippen LogP contribution in [-0.4, -0.2) is 29.9 Å². The molecule has 3 rings (SSSR count). The molecule has 0 amide bonds. The summed E-state index contributed by atoms with van der Waals surface area (Å²) in [6.45, 7) is 13.2. The summed E-state index contributed by atoms with van der Waals surface area (Å²) in [6.07, 6.45) is 2.10. The Labute approximate surface area is 150 Å². The van der Waals surface area contributed by atoms with E-state index in [0.717, 1.165) is 48.4 Å². The van der Waals surface area contributed by atoms with Gasteiger partial charge in [0.15, 0.2) is 0 Å². The normalized spacial score (nSPS) is 18.6. The number of nitrogens with zero attached hydrogens (tertiary/aromatic N) is 1. The number of fused-ring (bicyclic) bond motifs is 1. The van der Waals surface area contributed by atoms with Crippen LogP contribution < -0.4 is 4.74 Å². The minimum Gasteiger partial charge on any atom is -0.490 e. The van der Waals surface area contributed by atoms with Crippen molar-refractivity contribution < 1.29 is 9.47 Å². The first-order valence-corrected chi connectivity index (χ1v) is 8.99. The Hall–Kier alpha value is -2.07. The minimum atomic E-state index is 0.218. The molecule has 1 aromatic carbocycles. The highest BCUT2D eigenvalue weighted by atomic mass is 16.5. The second-order valence-electron chi connectivity index (χ2n) is 7.11. The van der Waals surface area contributed by atoms with Gasteiger partial charge in [-0.15, -0.1) is 0 Å². The third-order valence-corrected chi connectivity index (χ3v) is 5.31. The molecule has 4 nitrogen and oxygen atoms in total. The van der Waals surface area contributed by atoms with Crippen LogP contribution in [0.4, 0.5) is 0 Å². The van der Waals surface area contributed by atoms with Crippen LogP contribution in [0.25, 0.3) is 0 Å². The van der Waals surface area contributed by atoms with Crippen molar-refractivity contribution in [3.63, 3.8) is 0 Å². The summed E-state index contributed by atoms with van der Waals surface area (Å²) in [7, 11) is 0. The van der Waals surface area contributed by atoms with Gasteiger partial charge < -0.3 is 14.4 Å². The number of allylic oxidation sites excluding steroid dienone is 2. The largest absolute Gasteiger partial charge is 0.490 e. The zero-order valence-electron chi connectivity index (χ0n) is 15.5. The van der Waals surface area contributed by atoms with E-state index >= 15 is 0 Å². The molecule has 2 heterocycles. The highest BCUT2D eigenvalue weighted by molar-refractivity contribution is 5.96. The third-order valence-electron chi connectivity index (χ3n) is 5.31. The molecular weight excluding hydrogens is 312 g/mol. The summed E-state index contributed by atoms with van der Waals surface area (Å²) in [5.74, 6) is 1.56. The number of nitrogens with one attached hydrogen (secondary N) is 1. The molecule has 0 spiro atoms. The molecule has 25 heavy (non-hydrogen) atoms. The fourth-order valence-corrected chi connectivity index (χ4v) is 3.35. The van der Waals surface area contributed by atoms with E-state index in [9.17, 15) is 0 Å². The van der Waals surface area contributed by atoms with Crippen LogP contribution in [-0.2, 0) is 18.0 Å². The van der Waals surface area contributed by atoms with E-state index < -0.39 is 0 Å². The van der Waals surface area contributed by atoms with Crippen LogP contribution >= 0.6 is 0 Å². The summed E-state index contributed by atoms with van der Waals surface area (Å²) in [5, 5.41) is 8.46. The minimum absolute atomic E-state index is 0.218. The third kappa shape index (κ3) is 3.96. The van der Waals surface area contributed by atoms with Crippen LogP contribution in [0.2, 0.25) is 0 Å². The molecule has 1 fully saturated rings. The summed E-state index contributed by atoms with van der Waals surface area (Å²) in [6, 6.07) is 6.27. The summed E-state index contributed by atoms with van der Waals surface area (Å²) < 4.78 is 11.6. The van der Waals surface area contributed by atoms with E-state index in [-0.39, 0.29) is 6.10 Å². The van der Waals surface area contributed by atoms with Crippen LogP contribution in [0.3, 0.4) is 0 Å². The number of rotatable bonds is 4. The van der Waals surface area contributed by atoms with Gasteiger partial charge in [0.05, 0.1) is 13.2 Å². The molecule has 1 aromatic rings. The number of hydrogen-bond acceptors (Lipinski definition) is 3. The lowest BCUT2D eigenvalue weighted by molar-refractivity contribution is 0.129. The van der Waals surface area contributed by atoms with E-state index in [4.69, 9.17) is 14.9 Å². The molecule has 2 aliphatic heterocycles. The molecule has 0 radical (unpaired) electrons. The maximum Gasteiger partial charge on any atom is 0.123 e. The molecule has 0 unspecified atom stereocenters. The SMILES string of the molecule is C=C(C)/C(C)=C(/C)C(=N)N1CCC(Oc2ccc3c(c2)COC3)CC1. The first-order chi connectivity index (χ1) is 12.0. The van der Waals surface area contributed by atoms with Crippen LogP contribution in [0.1, 0.15) is 44.7 Å². The first-order valence-electron chi connectivity index (χ1n) is 8.99. The maximum atomic E-state index is 8.46. The van der Waals surface area contributed by atoms with E-state index in [2.05, 4.69) is 23.6 Å². The van der Waals surface area contributed by atoms with Crippen molar-refractivity contribution in [3.8, 4) is 5.75 Å². The molecule has 0 aromatic heterocycles. The van der Waals surface area contributed by atoms with Crippen LogP contribution in [0.5, 0.6) is 5.75 Å². The molecular formula is C21H28N2O2. The second-order valence-corrected chi connectivity index (χ2v) is 7.11.